The van der Waals surface area contributed by atoms with E-state index in [-0.39, 0.29) is 5.91 Å². The molecule has 1 atom stereocenters. The molecule has 1 saturated heterocycles. The van der Waals surface area contributed by atoms with Crippen LogP contribution in [0.5, 0.6) is 0 Å². The molecule has 22 heavy (non-hydrogen) atoms. The molecule has 0 spiro atoms. The third-order valence-corrected chi connectivity index (χ3v) is 4.43. The second-order valence-electron chi connectivity index (χ2n) is 5.72. The Balaban J connectivity index is 1.89. The molecule has 4 nitrogen and oxygen atoms in total. The lowest BCUT2D eigenvalue weighted by atomic mass is 10.0. The number of carbonyl (C=O) groups excluding carboxylic acids is 1. The van der Waals surface area contributed by atoms with E-state index in [0.29, 0.717) is 25.4 Å². The van der Waals surface area contributed by atoms with E-state index >= 15 is 0 Å². The van der Waals surface area contributed by atoms with Crippen LogP contribution in [-0.4, -0.2) is 42.4 Å². The fourth-order valence-electron chi connectivity index (χ4n) is 2.96. The summed E-state index contributed by atoms with van der Waals surface area (Å²) in [5, 5.41) is 9.34. The van der Waals surface area contributed by atoms with Gasteiger partial charge >= 0.3 is 0 Å². The maximum atomic E-state index is 12.1. The van der Waals surface area contributed by atoms with Crippen LogP contribution in [0.2, 0.25) is 5.02 Å². The largest absolute Gasteiger partial charge is 0.345 e. The molecule has 5 heteroatoms. The molecule has 1 aliphatic heterocycles. The summed E-state index contributed by atoms with van der Waals surface area (Å²) in [4.78, 5) is 16.1. The molecule has 0 aromatic heterocycles. The molecule has 0 N–H and O–H groups in total. The second kappa shape index (κ2) is 8.17. The Labute approximate surface area is 137 Å². The number of halogens is 1. The maximum absolute atomic E-state index is 12.1. The van der Waals surface area contributed by atoms with Crippen LogP contribution in [0.25, 0.3) is 0 Å². The first-order valence-corrected chi connectivity index (χ1v) is 8.10. The number of benzene rings is 1. The minimum atomic E-state index is 0.104. The predicted octanol–water partition coefficient (Wildman–Crippen LogP) is 3.24. The van der Waals surface area contributed by atoms with Gasteiger partial charge in [-0.2, -0.15) is 5.26 Å². The van der Waals surface area contributed by atoms with Gasteiger partial charge in [0.1, 0.15) is 0 Å². The molecule has 1 fully saturated rings. The second-order valence-corrected chi connectivity index (χ2v) is 6.16. The van der Waals surface area contributed by atoms with Crippen LogP contribution in [0, 0.1) is 11.3 Å². The highest BCUT2D eigenvalue weighted by Gasteiger charge is 2.26. The van der Waals surface area contributed by atoms with Crippen molar-refractivity contribution in [3.63, 3.8) is 0 Å². The third-order valence-electron chi connectivity index (χ3n) is 4.19. The monoisotopic (exact) mass is 319 g/mol. The number of hydrogen-bond acceptors (Lipinski definition) is 3. The van der Waals surface area contributed by atoms with Crippen molar-refractivity contribution in [2.45, 2.75) is 31.7 Å². The van der Waals surface area contributed by atoms with Gasteiger partial charge in [0.15, 0.2) is 0 Å². The minimum absolute atomic E-state index is 0.104. The first-order valence-electron chi connectivity index (χ1n) is 7.72. The van der Waals surface area contributed by atoms with Gasteiger partial charge in [-0.25, -0.2) is 0 Å². The van der Waals surface area contributed by atoms with Crippen LogP contribution in [-0.2, 0) is 4.79 Å². The Morgan fingerprint density at radius 2 is 2.36 bits per heavy atom. The molecular weight excluding hydrogens is 298 g/mol. The SMILES string of the molecule is CN(CCC#N)C(=O)CCN1CCC[C@H]1c1cccc(Cl)c1. The number of nitriles is 1. The van der Waals surface area contributed by atoms with Gasteiger partial charge in [0.25, 0.3) is 0 Å². The molecule has 2 rings (SSSR count). The molecule has 0 saturated carbocycles. The number of likely N-dealkylation sites (tertiary alicyclic amines) is 1. The van der Waals surface area contributed by atoms with Gasteiger partial charge in [0, 0.05) is 37.6 Å². The Morgan fingerprint density at radius 1 is 1.55 bits per heavy atom. The number of hydrogen-bond donors (Lipinski definition) is 0. The lowest BCUT2D eigenvalue weighted by Crippen LogP contribution is -2.32. The average molecular weight is 320 g/mol. The molecule has 0 aliphatic carbocycles. The quantitative estimate of drug-likeness (QED) is 0.808. The molecule has 0 radical (unpaired) electrons. The van der Waals surface area contributed by atoms with Crippen molar-refractivity contribution in [3.8, 4) is 6.07 Å². The number of nitrogens with zero attached hydrogens (tertiary/aromatic N) is 3. The Bertz CT molecular complexity index is 555. The van der Waals surface area contributed by atoms with Crippen LogP contribution in [0.1, 0.15) is 37.3 Å². The van der Waals surface area contributed by atoms with Crippen LogP contribution in [0.15, 0.2) is 24.3 Å². The molecule has 1 heterocycles. The highest BCUT2D eigenvalue weighted by Crippen LogP contribution is 2.32. The smallest absolute Gasteiger partial charge is 0.223 e. The maximum Gasteiger partial charge on any atom is 0.223 e. The van der Waals surface area contributed by atoms with Crippen molar-refractivity contribution >= 4 is 17.5 Å². The van der Waals surface area contributed by atoms with Gasteiger partial charge < -0.3 is 4.90 Å². The van der Waals surface area contributed by atoms with E-state index in [1.165, 1.54) is 5.56 Å². The Kier molecular flexibility index (Phi) is 6.23. The normalized spacial score (nSPS) is 18.1. The van der Waals surface area contributed by atoms with E-state index in [4.69, 9.17) is 16.9 Å². The Hall–Kier alpha value is -1.57. The van der Waals surface area contributed by atoms with E-state index in [9.17, 15) is 4.79 Å². The molecule has 1 aliphatic rings. The van der Waals surface area contributed by atoms with Gasteiger partial charge in [-0.3, -0.25) is 9.69 Å². The summed E-state index contributed by atoms with van der Waals surface area (Å²) in [5.74, 6) is 0.104. The molecule has 0 bridgehead atoms. The van der Waals surface area contributed by atoms with E-state index in [2.05, 4.69) is 17.0 Å². The van der Waals surface area contributed by atoms with Gasteiger partial charge in [0.05, 0.1) is 12.5 Å². The Morgan fingerprint density at radius 3 is 3.09 bits per heavy atom. The lowest BCUT2D eigenvalue weighted by Gasteiger charge is -2.25. The lowest BCUT2D eigenvalue weighted by molar-refractivity contribution is -0.130. The number of carbonyl (C=O) groups is 1. The summed E-state index contributed by atoms with van der Waals surface area (Å²) in [6.07, 6.45) is 3.14. The van der Waals surface area contributed by atoms with Crippen molar-refractivity contribution in [3.05, 3.63) is 34.9 Å². The first kappa shape index (κ1) is 16.8. The number of amides is 1. The third kappa shape index (κ3) is 4.46. The van der Waals surface area contributed by atoms with Crippen LogP contribution < -0.4 is 0 Å². The molecule has 1 aromatic rings. The van der Waals surface area contributed by atoms with Crippen molar-refractivity contribution in [1.29, 1.82) is 5.26 Å². The zero-order chi connectivity index (χ0) is 15.9. The van der Waals surface area contributed by atoms with Crippen molar-refractivity contribution < 1.29 is 4.79 Å². The zero-order valence-corrected chi connectivity index (χ0v) is 13.7. The summed E-state index contributed by atoms with van der Waals surface area (Å²) >= 11 is 6.08. The summed E-state index contributed by atoms with van der Waals surface area (Å²) in [6, 6.07) is 10.4. The fourth-order valence-corrected chi connectivity index (χ4v) is 3.16. The molecule has 0 unspecified atom stereocenters. The standard InChI is InChI=1S/C17H22ClN3O/c1-20(10-4-9-19)17(22)8-12-21-11-3-7-16(21)14-5-2-6-15(18)13-14/h2,5-6,13,16H,3-4,7-8,10-12H2,1H3/t16-/m0/s1. The minimum Gasteiger partial charge on any atom is -0.345 e. The molecule has 118 valence electrons. The van der Waals surface area contributed by atoms with Gasteiger partial charge in [0.2, 0.25) is 5.91 Å². The summed E-state index contributed by atoms with van der Waals surface area (Å²) in [5.41, 5.74) is 1.23. The van der Waals surface area contributed by atoms with E-state index in [0.717, 1.165) is 31.0 Å². The van der Waals surface area contributed by atoms with Crippen LogP contribution >= 0.6 is 11.6 Å². The molecule has 1 amide bonds. The zero-order valence-electron chi connectivity index (χ0n) is 13.0. The van der Waals surface area contributed by atoms with Gasteiger partial charge in [-0.05, 0) is 37.1 Å². The molecule has 1 aromatic carbocycles. The molecular formula is C17H22ClN3O. The number of rotatable bonds is 6. The summed E-state index contributed by atoms with van der Waals surface area (Å²) < 4.78 is 0. The van der Waals surface area contributed by atoms with Crippen molar-refractivity contribution in [1.82, 2.24) is 9.80 Å². The van der Waals surface area contributed by atoms with Crippen LogP contribution in [0.3, 0.4) is 0 Å². The van der Waals surface area contributed by atoms with Crippen LogP contribution in [0.4, 0.5) is 0 Å². The predicted molar refractivity (Wildman–Crippen MR) is 87.5 cm³/mol. The summed E-state index contributed by atoms with van der Waals surface area (Å²) in [7, 11) is 1.76. The van der Waals surface area contributed by atoms with Crippen molar-refractivity contribution in [2.75, 3.05) is 26.7 Å². The average Bonchev–Trinajstić information content (AvgIpc) is 2.98. The highest BCUT2D eigenvalue weighted by molar-refractivity contribution is 6.30. The van der Waals surface area contributed by atoms with Crippen molar-refractivity contribution in [2.24, 2.45) is 0 Å². The highest BCUT2D eigenvalue weighted by atomic mass is 35.5. The van der Waals surface area contributed by atoms with E-state index < -0.39 is 0 Å². The van der Waals surface area contributed by atoms with E-state index in [1.807, 2.05) is 18.2 Å². The topological polar surface area (TPSA) is 47.3 Å². The fraction of sp³-hybridized carbons (Fsp3) is 0.529. The van der Waals surface area contributed by atoms with Gasteiger partial charge in [-0.1, -0.05) is 23.7 Å². The van der Waals surface area contributed by atoms with E-state index in [1.54, 1.807) is 11.9 Å². The summed E-state index contributed by atoms with van der Waals surface area (Å²) in [6.45, 7) is 2.28. The first-order chi connectivity index (χ1) is 10.6. The van der Waals surface area contributed by atoms with Gasteiger partial charge in [-0.15, -0.1) is 0 Å².